The minimum Gasteiger partial charge on any atom is -0.388 e. The molecule has 7 heteroatoms. The second-order valence-corrected chi connectivity index (χ2v) is 5.69. The number of hydrogen-bond acceptors (Lipinski definition) is 6. The van der Waals surface area contributed by atoms with E-state index >= 15 is 0 Å². The van der Waals surface area contributed by atoms with Crippen LogP contribution in [-0.2, 0) is 11.3 Å². The van der Waals surface area contributed by atoms with E-state index in [-0.39, 0.29) is 0 Å². The summed E-state index contributed by atoms with van der Waals surface area (Å²) in [6, 6.07) is 3.48. The number of ether oxygens (including phenoxy) is 1. The number of pyridine rings is 1. The minimum atomic E-state index is -0.691. The number of anilines is 1. The molecule has 1 aliphatic rings. The van der Waals surface area contributed by atoms with Crippen molar-refractivity contribution in [2.24, 2.45) is 5.84 Å². The number of nitrogens with one attached hydrogen (secondary N) is 1. The van der Waals surface area contributed by atoms with Crippen LogP contribution in [0.15, 0.2) is 12.1 Å². The average Bonchev–Trinajstić information content (AvgIpc) is 2.41. The normalized spacial score (nSPS) is 18.2. The molecule has 0 atom stereocenters. The fourth-order valence-corrected chi connectivity index (χ4v) is 2.56. The van der Waals surface area contributed by atoms with Gasteiger partial charge in [-0.1, -0.05) is 11.6 Å². The van der Waals surface area contributed by atoms with Crippen LogP contribution < -0.4 is 11.3 Å². The Kier molecular flexibility index (Phi) is 5.17. The zero-order chi connectivity index (χ0) is 14.6. The van der Waals surface area contributed by atoms with Gasteiger partial charge in [0, 0.05) is 39.1 Å². The molecule has 1 aromatic heterocycles. The van der Waals surface area contributed by atoms with Crippen LogP contribution in [-0.4, -0.2) is 47.4 Å². The van der Waals surface area contributed by atoms with Crippen molar-refractivity contribution >= 4 is 17.4 Å². The Morgan fingerprint density at radius 1 is 1.50 bits per heavy atom. The van der Waals surface area contributed by atoms with E-state index in [1.807, 2.05) is 11.9 Å². The molecule has 0 saturated carbocycles. The van der Waals surface area contributed by atoms with Crippen molar-refractivity contribution in [2.45, 2.75) is 25.0 Å². The van der Waals surface area contributed by atoms with Crippen LogP contribution in [0.2, 0.25) is 5.02 Å². The van der Waals surface area contributed by atoms with E-state index in [9.17, 15) is 5.11 Å². The highest BCUT2D eigenvalue weighted by Crippen LogP contribution is 2.23. The number of likely N-dealkylation sites (N-methyl/N-ethyl adjacent to an activating group) is 1. The summed E-state index contributed by atoms with van der Waals surface area (Å²) in [5.74, 6) is 5.92. The number of aliphatic hydroxyl groups is 1. The van der Waals surface area contributed by atoms with Crippen LogP contribution >= 0.6 is 11.6 Å². The quantitative estimate of drug-likeness (QED) is 0.556. The molecule has 2 heterocycles. The summed E-state index contributed by atoms with van der Waals surface area (Å²) in [7, 11) is 1.94. The van der Waals surface area contributed by atoms with Gasteiger partial charge in [0.25, 0.3) is 0 Å². The van der Waals surface area contributed by atoms with Gasteiger partial charge in [0.2, 0.25) is 0 Å². The first-order valence-electron chi connectivity index (χ1n) is 6.63. The average molecular weight is 301 g/mol. The fraction of sp³-hybridized carbons (Fsp3) is 0.615. The van der Waals surface area contributed by atoms with E-state index in [1.54, 1.807) is 12.1 Å². The Morgan fingerprint density at radius 3 is 2.85 bits per heavy atom. The van der Waals surface area contributed by atoms with Crippen LogP contribution in [0, 0.1) is 0 Å². The van der Waals surface area contributed by atoms with Crippen molar-refractivity contribution in [2.75, 3.05) is 32.2 Å². The molecule has 1 fully saturated rings. The van der Waals surface area contributed by atoms with Gasteiger partial charge >= 0.3 is 0 Å². The largest absolute Gasteiger partial charge is 0.388 e. The predicted molar refractivity (Wildman–Crippen MR) is 78.4 cm³/mol. The van der Waals surface area contributed by atoms with E-state index in [2.05, 4.69) is 10.4 Å². The molecule has 0 aromatic carbocycles. The third-order valence-corrected chi connectivity index (χ3v) is 3.82. The molecule has 1 saturated heterocycles. The van der Waals surface area contributed by atoms with Crippen molar-refractivity contribution in [1.82, 2.24) is 9.88 Å². The van der Waals surface area contributed by atoms with Gasteiger partial charge in [-0.25, -0.2) is 10.8 Å². The highest BCUT2D eigenvalue weighted by molar-refractivity contribution is 6.31. The minimum absolute atomic E-state index is 0.553. The van der Waals surface area contributed by atoms with Gasteiger partial charge in [-0.05, 0) is 19.2 Å². The maximum Gasteiger partial charge on any atom is 0.140 e. The topological polar surface area (TPSA) is 83.6 Å². The third-order valence-electron chi connectivity index (χ3n) is 3.47. The first-order chi connectivity index (χ1) is 9.52. The molecule has 1 aliphatic heterocycles. The molecular formula is C13H21ClN4O2. The molecule has 0 radical (unpaired) electrons. The SMILES string of the molecule is CN(Cc1nc(NN)ccc1Cl)CC1(O)CCOCC1. The van der Waals surface area contributed by atoms with E-state index in [1.165, 1.54) is 0 Å². The number of hydrogen-bond donors (Lipinski definition) is 3. The summed E-state index contributed by atoms with van der Waals surface area (Å²) < 4.78 is 5.28. The molecule has 0 unspecified atom stereocenters. The van der Waals surface area contributed by atoms with Gasteiger partial charge in [-0.3, -0.25) is 4.90 Å². The molecule has 6 nitrogen and oxygen atoms in total. The lowest BCUT2D eigenvalue weighted by molar-refractivity contribution is -0.0778. The molecule has 0 bridgehead atoms. The van der Waals surface area contributed by atoms with Gasteiger partial charge in [0.1, 0.15) is 5.82 Å². The van der Waals surface area contributed by atoms with Crippen LogP contribution in [0.4, 0.5) is 5.82 Å². The maximum atomic E-state index is 10.5. The second-order valence-electron chi connectivity index (χ2n) is 5.28. The highest BCUT2D eigenvalue weighted by atomic mass is 35.5. The van der Waals surface area contributed by atoms with Crippen molar-refractivity contribution in [3.8, 4) is 0 Å². The van der Waals surface area contributed by atoms with Crippen LogP contribution in [0.3, 0.4) is 0 Å². The van der Waals surface area contributed by atoms with Gasteiger partial charge in [-0.2, -0.15) is 0 Å². The summed E-state index contributed by atoms with van der Waals surface area (Å²) >= 11 is 6.13. The Morgan fingerprint density at radius 2 is 2.20 bits per heavy atom. The van der Waals surface area contributed by atoms with Gasteiger partial charge < -0.3 is 15.3 Å². The monoisotopic (exact) mass is 300 g/mol. The van der Waals surface area contributed by atoms with E-state index in [4.69, 9.17) is 22.2 Å². The fourth-order valence-electron chi connectivity index (χ4n) is 2.40. The molecule has 4 N–H and O–H groups in total. The van der Waals surface area contributed by atoms with Crippen LogP contribution in [0.1, 0.15) is 18.5 Å². The highest BCUT2D eigenvalue weighted by Gasteiger charge is 2.31. The summed E-state index contributed by atoms with van der Waals surface area (Å²) in [5, 5.41) is 11.1. The standard InChI is InChI=1S/C13H21ClN4O2/c1-18(9-13(19)4-6-20-7-5-13)8-11-10(14)2-3-12(16-11)17-15/h2-3,19H,4-9,15H2,1H3,(H,16,17). The molecular weight excluding hydrogens is 280 g/mol. The molecule has 2 rings (SSSR count). The summed E-state index contributed by atoms with van der Waals surface area (Å²) in [6.45, 7) is 2.33. The van der Waals surface area contributed by atoms with E-state index in [0.29, 0.717) is 50.0 Å². The van der Waals surface area contributed by atoms with Gasteiger partial charge in [-0.15, -0.1) is 0 Å². The number of hydrazine groups is 1. The molecule has 112 valence electrons. The molecule has 20 heavy (non-hydrogen) atoms. The first kappa shape index (κ1) is 15.5. The zero-order valence-electron chi connectivity index (χ0n) is 11.6. The van der Waals surface area contributed by atoms with Crippen LogP contribution in [0.25, 0.3) is 0 Å². The molecule has 0 spiro atoms. The lowest BCUT2D eigenvalue weighted by Gasteiger charge is -2.35. The summed E-state index contributed by atoms with van der Waals surface area (Å²) in [4.78, 5) is 6.34. The number of nitrogen functional groups attached to an aromatic ring is 1. The summed E-state index contributed by atoms with van der Waals surface area (Å²) in [5.41, 5.74) is 2.55. The number of aromatic nitrogens is 1. The van der Waals surface area contributed by atoms with Crippen molar-refractivity contribution < 1.29 is 9.84 Å². The van der Waals surface area contributed by atoms with E-state index < -0.39 is 5.60 Å². The Bertz CT molecular complexity index is 452. The molecule has 0 aliphatic carbocycles. The molecule has 0 amide bonds. The number of halogens is 1. The van der Waals surface area contributed by atoms with Crippen molar-refractivity contribution in [3.63, 3.8) is 0 Å². The third kappa shape index (κ3) is 4.04. The molecule has 1 aromatic rings. The number of nitrogens with two attached hydrogens (primary N) is 1. The Balaban J connectivity index is 1.98. The van der Waals surface area contributed by atoms with Gasteiger partial charge in [0.05, 0.1) is 16.3 Å². The van der Waals surface area contributed by atoms with Crippen molar-refractivity contribution in [3.05, 3.63) is 22.8 Å². The maximum absolute atomic E-state index is 10.5. The lowest BCUT2D eigenvalue weighted by atomic mass is 9.94. The van der Waals surface area contributed by atoms with Gasteiger partial charge in [0.15, 0.2) is 0 Å². The van der Waals surface area contributed by atoms with Crippen LogP contribution in [0.5, 0.6) is 0 Å². The number of nitrogens with zero attached hydrogens (tertiary/aromatic N) is 2. The summed E-state index contributed by atoms with van der Waals surface area (Å²) in [6.07, 6.45) is 1.31. The second kappa shape index (κ2) is 6.69. The first-order valence-corrected chi connectivity index (χ1v) is 7.01. The van der Waals surface area contributed by atoms with E-state index in [0.717, 1.165) is 5.69 Å². The predicted octanol–water partition coefficient (Wildman–Crippen LogP) is 0.994. The smallest absolute Gasteiger partial charge is 0.140 e. The Labute approximate surface area is 123 Å². The lowest BCUT2D eigenvalue weighted by Crippen LogP contribution is -2.45. The zero-order valence-corrected chi connectivity index (χ0v) is 12.4. The Hall–Kier alpha value is -0.920. The number of rotatable bonds is 5. The van der Waals surface area contributed by atoms with Crippen molar-refractivity contribution in [1.29, 1.82) is 0 Å².